The summed E-state index contributed by atoms with van der Waals surface area (Å²) in [5, 5.41) is 17.9. The van der Waals surface area contributed by atoms with E-state index < -0.39 is 0 Å². The number of hydrogen-bond donors (Lipinski definition) is 2. The van der Waals surface area contributed by atoms with E-state index >= 15 is 0 Å². The van der Waals surface area contributed by atoms with Gasteiger partial charge < -0.3 is 14.9 Å². The molecule has 0 heterocycles. The van der Waals surface area contributed by atoms with E-state index in [1.807, 2.05) is 0 Å². The number of aliphatic hydroxyl groups excluding tert-OH is 2. The predicted octanol–water partition coefficient (Wildman–Crippen LogP) is 0.935. The normalized spacial score (nSPS) is 16.0. The van der Waals surface area contributed by atoms with Crippen molar-refractivity contribution in [3.8, 4) is 0 Å². The van der Waals surface area contributed by atoms with E-state index in [0.29, 0.717) is 6.61 Å². The summed E-state index contributed by atoms with van der Waals surface area (Å²) in [6.45, 7) is 4.22. The zero-order valence-electron chi connectivity index (χ0n) is 7.99. The molecule has 0 rings (SSSR count). The number of rotatable bonds is 7. The van der Waals surface area contributed by atoms with Crippen molar-refractivity contribution in [2.24, 2.45) is 0 Å². The first-order valence-corrected chi connectivity index (χ1v) is 4.61. The van der Waals surface area contributed by atoms with Crippen molar-refractivity contribution in [3.05, 3.63) is 0 Å². The third kappa shape index (κ3) is 6.58. The maximum Gasteiger partial charge on any atom is 0.0779 e. The van der Waals surface area contributed by atoms with Gasteiger partial charge in [-0.3, -0.25) is 0 Å². The van der Waals surface area contributed by atoms with Crippen molar-refractivity contribution in [1.29, 1.82) is 0 Å². The fraction of sp³-hybridized carbons (Fsp3) is 1.00. The Labute approximate surface area is 74.4 Å². The molecule has 0 aromatic rings. The Morgan fingerprint density at radius 3 is 2.58 bits per heavy atom. The van der Waals surface area contributed by atoms with Gasteiger partial charge in [-0.1, -0.05) is 19.8 Å². The molecule has 0 aliphatic carbocycles. The second-order valence-corrected chi connectivity index (χ2v) is 3.12. The van der Waals surface area contributed by atoms with Crippen LogP contribution in [0.4, 0.5) is 0 Å². The SMILES string of the molecule is CCCCC(O)COC(C)CO. The molecular formula is C9H20O3. The molecule has 0 radical (unpaired) electrons. The Morgan fingerprint density at radius 1 is 1.42 bits per heavy atom. The molecule has 3 heteroatoms. The molecule has 0 aromatic carbocycles. The van der Waals surface area contributed by atoms with Crippen LogP contribution in [-0.4, -0.2) is 35.6 Å². The van der Waals surface area contributed by atoms with Crippen LogP contribution in [0, 0.1) is 0 Å². The summed E-state index contributed by atoms with van der Waals surface area (Å²) >= 11 is 0. The van der Waals surface area contributed by atoms with Gasteiger partial charge in [-0.25, -0.2) is 0 Å². The molecule has 0 aromatic heterocycles. The van der Waals surface area contributed by atoms with Crippen LogP contribution in [-0.2, 0) is 4.74 Å². The number of aliphatic hydroxyl groups is 2. The smallest absolute Gasteiger partial charge is 0.0779 e. The van der Waals surface area contributed by atoms with Crippen LogP contribution in [0.1, 0.15) is 33.1 Å². The van der Waals surface area contributed by atoms with Crippen LogP contribution in [0.25, 0.3) is 0 Å². The molecule has 0 aliphatic rings. The molecule has 2 N–H and O–H groups in total. The fourth-order valence-electron chi connectivity index (χ4n) is 0.851. The molecule has 0 spiro atoms. The van der Waals surface area contributed by atoms with E-state index in [4.69, 9.17) is 9.84 Å². The van der Waals surface area contributed by atoms with Crippen LogP contribution < -0.4 is 0 Å². The van der Waals surface area contributed by atoms with Crippen LogP contribution in [0.5, 0.6) is 0 Å². The van der Waals surface area contributed by atoms with Crippen LogP contribution in [0.15, 0.2) is 0 Å². The van der Waals surface area contributed by atoms with Crippen molar-refractivity contribution in [3.63, 3.8) is 0 Å². The fourth-order valence-corrected chi connectivity index (χ4v) is 0.851. The average Bonchev–Trinajstić information content (AvgIpc) is 2.10. The maximum atomic E-state index is 9.32. The van der Waals surface area contributed by atoms with Gasteiger partial charge in [-0.15, -0.1) is 0 Å². The van der Waals surface area contributed by atoms with Gasteiger partial charge in [0.1, 0.15) is 0 Å². The average molecular weight is 176 g/mol. The van der Waals surface area contributed by atoms with E-state index in [9.17, 15) is 5.11 Å². The highest BCUT2D eigenvalue weighted by Crippen LogP contribution is 2.01. The Hall–Kier alpha value is -0.120. The molecule has 0 fully saturated rings. The lowest BCUT2D eigenvalue weighted by Gasteiger charge is -2.14. The monoisotopic (exact) mass is 176 g/mol. The van der Waals surface area contributed by atoms with E-state index in [0.717, 1.165) is 19.3 Å². The van der Waals surface area contributed by atoms with Crippen molar-refractivity contribution in [2.45, 2.75) is 45.3 Å². The lowest BCUT2D eigenvalue weighted by molar-refractivity contribution is -0.0258. The van der Waals surface area contributed by atoms with Gasteiger partial charge >= 0.3 is 0 Å². The van der Waals surface area contributed by atoms with Gasteiger partial charge in [0.25, 0.3) is 0 Å². The predicted molar refractivity (Wildman–Crippen MR) is 48.0 cm³/mol. The molecule has 0 aliphatic heterocycles. The first-order valence-electron chi connectivity index (χ1n) is 4.61. The summed E-state index contributed by atoms with van der Waals surface area (Å²) < 4.78 is 5.15. The highest BCUT2D eigenvalue weighted by Gasteiger charge is 2.06. The summed E-state index contributed by atoms with van der Waals surface area (Å²) in [6, 6.07) is 0. The van der Waals surface area contributed by atoms with E-state index in [1.54, 1.807) is 6.92 Å². The highest BCUT2D eigenvalue weighted by atomic mass is 16.5. The molecule has 0 saturated carbocycles. The van der Waals surface area contributed by atoms with E-state index in [1.165, 1.54) is 0 Å². The largest absolute Gasteiger partial charge is 0.394 e. The van der Waals surface area contributed by atoms with Gasteiger partial charge in [-0.05, 0) is 13.3 Å². The Balaban J connectivity index is 3.24. The minimum atomic E-state index is -0.376. The van der Waals surface area contributed by atoms with E-state index in [2.05, 4.69) is 6.92 Å². The summed E-state index contributed by atoms with van der Waals surface area (Å²) in [7, 11) is 0. The first kappa shape index (κ1) is 11.9. The van der Waals surface area contributed by atoms with Crippen molar-refractivity contribution in [2.75, 3.05) is 13.2 Å². The van der Waals surface area contributed by atoms with Crippen molar-refractivity contribution >= 4 is 0 Å². The second-order valence-electron chi connectivity index (χ2n) is 3.12. The lowest BCUT2D eigenvalue weighted by Crippen LogP contribution is -2.21. The van der Waals surface area contributed by atoms with Crippen molar-refractivity contribution < 1.29 is 14.9 Å². The van der Waals surface area contributed by atoms with Gasteiger partial charge in [0.05, 0.1) is 25.4 Å². The Kier molecular flexibility index (Phi) is 7.45. The standard InChI is InChI=1S/C9H20O3/c1-3-4-5-9(11)7-12-8(2)6-10/h8-11H,3-7H2,1-2H3. The highest BCUT2D eigenvalue weighted by molar-refractivity contribution is 4.55. The molecule has 3 nitrogen and oxygen atoms in total. The van der Waals surface area contributed by atoms with Gasteiger partial charge in [0.15, 0.2) is 0 Å². The third-order valence-corrected chi connectivity index (χ3v) is 1.72. The van der Waals surface area contributed by atoms with Gasteiger partial charge in [-0.2, -0.15) is 0 Å². The molecule has 12 heavy (non-hydrogen) atoms. The zero-order valence-corrected chi connectivity index (χ0v) is 7.99. The van der Waals surface area contributed by atoms with Crippen LogP contribution >= 0.6 is 0 Å². The molecule has 0 saturated heterocycles. The molecule has 0 amide bonds. The van der Waals surface area contributed by atoms with Gasteiger partial charge in [0, 0.05) is 0 Å². The molecule has 2 atom stereocenters. The summed E-state index contributed by atoms with van der Waals surface area (Å²) in [6.07, 6.45) is 2.36. The third-order valence-electron chi connectivity index (χ3n) is 1.72. The summed E-state index contributed by atoms with van der Waals surface area (Å²) in [5.74, 6) is 0. The first-order chi connectivity index (χ1) is 5.70. The number of unbranched alkanes of at least 4 members (excludes halogenated alkanes) is 1. The van der Waals surface area contributed by atoms with E-state index in [-0.39, 0.29) is 18.8 Å². The topological polar surface area (TPSA) is 49.7 Å². The number of hydrogen-bond acceptors (Lipinski definition) is 3. The quantitative estimate of drug-likeness (QED) is 0.607. The van der Waals surface area contributed by atoms with Crippen LogP contribution in [0.2, 0.25) is 0 Å². The van der Waals surface area contributed by atoms with Crippen molar-refractivity contribution in [1.82, 2.24) is 0 Å². The molecule has 74 valence electrons. The minimum absolute atomic E-state index is 0.0144. The number of ether oxygens (including phenoxy) is 1. The minimum Gasteiger partial charge on any atom is -0.394 e. The molecular weight excluding hydrogens is 156 g/mol. The lowest BCUT2D eigenvalue weighted by atomic mass is 10.2. The molecule has 2 unspecified atom stereocenters. The van der Waals surface area contributed by atoms with Gasteiger partial charge in [0.2, 0.25) is 0 Å². The second kappa shape index (κ2) is 7.53. The van der Waals surface area contributed by atoms with Crippen LogP contribution in [0.3, 0.4) is 0 Å². The maximum absolute atomic E-state index is 9.32. The Morgan fingerprint density at radius 2 is 2.08 bits per heavy atom. The summed E-state index contributed by atoms with van der Waals surface area (Å²) in [4.78, 5) is 0. The summed E-state index contributed by atoms with van der Waals surface area (Å²) in [5.41, 5.74) is 0. The Bertz CT molecular complexity index is 95.8. The zero-order chi connectivity index (χ0) is 9.40. The molecule has 0 bridgehead atoms.